The van der Waals surface area contributed by atoms with E-state index in [9.17, 15) is 4.79 Å². The van der Waals surface area contributed by atoms with Crippen LogP contribution in [-0.4, -0.2) is 43.7 Å². The number of aryl methyl sites for hydroxylation is 1. The number of ether oxygens (including phenoxy) is 1. The van der Waals surface area contributed by atoms with Crippen LogP contribution in [0.2, 0.25) is 0 Å². The van der Waals surface area contributed by atoms with Crippen LogP contribution in [-0.2, 0) is 9.53 Å². The van der Waals surface area contributed by atoms with Crippen LogP contribution in [0.25, 0.3) is 0 Å². The lowest BCUT2D eigenvalue weighted by Crippen LogP contribution is -2.44. The zero-order chi connectivity index (χ0) is 16.8. The van der Waals surface area contributed by atoms with Crippen molar-refractivity contribution in [3.05, 3.63) is 35.4 Å². The largest absolute Gasteiger partial charge is 0.379 e. The minimum Gasteiger partial charge on any atom is -0.379 e. The molecule has 0 aromatic heterocycles. The Balaban J connectivity index is 1.64. The number of carbonyl (C=O) groups is 1. The maximum absolute atomic E-state index is 12.5. The Bertz CT molecular complexity index is 517. The molecule has 0 bridgehead atoms. The van der Waals surface area contributed by atoms with E-state index >= 15 is 0 Å². The second-order valence-corrected chi connectivity index (χ2v) is 7.15. The summed E-state index contributed by atoms with van der Waals surface area (Å²) in [5.74, 6) is 0.474. The molecular formula is C20H30N2O2. The van der Waals surface area contributed by atoms with E-state index in [1.807, 2.05) is 0 Å². The van der Waals surface area contributed by atoms with E-state index in [4.69, 9.17) is 4.74 Å². The van der Waals surface area contributed by atoms with Crippen LogP contribution >= 0.6 is 0 Å². The second kappa shape index (κ2) is 8.63. The number of hydrogen-bond donors (Lipinski definition) is 1. The molecular weight excluding hydrogens is 300 g/mol. The van der Waals surface area contributed by atoms with E-state index in [0.29, 0.717) is 6.54 Å². The Hall–Kier alpha value is -1.39. The monoisotopic (exact) mass is 330 g/mol. The zero-order valence-electron chi connectivity index (χ0n) is 14.8. The molecule has 0 unspecified atom stereocenters. The lowest BCUT2D eigenvalue weighted by Gasteiger charge is -2.35. The maximum Gasteiger partial charge on any atom is 0.223 e. The summed E-state index contributed by atoms with van der Waals surface area (Å²) in [6.07, 6.45) is 5.78. The van der Waals surface area contributed by atoms with Gasteiger partial charge in [0.15, 0.2) is 0 Å². The van der Waals surface area contributed by atoms with E-state index in [0.717, 1.165) is 39.1 Å². The summed E-state index contributed by atoms with van der Waals surface area (Å²) in [6, 6.07) is 8.95. The number of nitrogens with one attached hydrogen (secondary N) is 1. The van der Waals surface area contributed by atoms with E-state index in [1.54, 1.807) is 0 Å². The number of benzene rings is 1. The van der Waals surface area contributed by atoms with Crippen LogP contribution in [0, 0.1) is 12.8 Å². The molecule has 24 heavy (non-hydrogen) atoms. The number of hydrogen-bond acceptors (Lipinski definition) is 3. The van der Waals surface area contributed by atoms with Crippen molar-refractivity contribution in [3.8, 4) is 0 Å². The Kier molecular flexibility index (Phi) is 6.27. The van der Waals surface area contributed by atoms with Gasteiger partial charge in [-0.2, -0.15) is 0 Å². The lowest BCUT2D eigenvalue weighted by atomic mass is 9.88. The first-order valence-electron chi connectivity index (χ1n) is 9.40. The molecule has 0 radical (unpaired) electrons. The van der Waals surface area contributed by atoms with Crippen molar-refractivity contribution in [3.63, 3.8) is 0 Å². The highest BCUT2D eigenvalue weighted by Crippen LogP contribution is 2.25. The molecule has 132 valence electrons. The van der Waals surface area contributed by atoms with Crippen molar-refractivity contribution >= 4 is 5.91 Å². The van der Waals surface area contributed by atoms with Crippen molar-refractivity contribution in [1.82, 2.24) is 10.2 Å². The minimum atomic E-state index is 0.224. The van der Waals surface area contributed by atoms with Crippen LogP contribution in [0.5, 0.6) is 0 Å². The van der Waals surface area contributed by atoms with Crippen LogP contribution in [0.1, 0.15) is 49.3 Å². The SMILES string of the molecule is Cc1ccc([C@H](CNC(=O)C2CCCCC2)N2CCOCC2)cc1. The number of amides is 1. The molecule has 2 fully saturated rings. The van der Waals surface area contributed by atoms with E-state index in [-0.39, 0.29) is 17.9 Å². The molecule has 2 aliphatic rings. The first kappa shape index (κ1) is 17.4. The van der Waals surface area contributed by atoms with Gasteiger partial charge in [-0.25, -0.2) is 0 Å². The van der Waals surface area contributed by atoms with Crippen molar-refractivity contribution in [1.29, 1.82) is 0 Å². The van der Waals surface area contributed by atoms with Gasteiger partial charge in [-0.05, 0) is 25.3 Å². The third-order valence-electron chi connectivity index (χ3n) is 5.39. The van der Waals surface area contributed by atoms with Crippen molar-refractivity contribution < 1.29 is 9.53 Å². The highest BCUT2D eigenvalue weighted by Gasteiger charge is 2.25. The average molecular weight is 330 g/mol. The predicted octanol–water partition coefficient (Wildman–Crippen LogP) is 3.06. The van der Waals surface area contributed by atoms with E-state index in [2.05, 4.69) is 41.4 Å². The summed E-state index contributed by atoms with van der Waals surface area (Å²) < 4.78 is 5.50. The Morgan fingerprint density at radius 2 is 1.83 bits per heavy atom. The van der Waals surface area contributed by atoms with Gasteiger partial charge in [0.25, 0.3) is 0 Å². The van der Waals surface area contributed by atoms with Crippen LogP contribution in [0.3, 0.4) is 0 Å². The molecule has 4 nitrogen and oxygen atoms in total. The molecule has 1 heterocycles. The maximum atomic E-state index is 12.5. The van der Waals surface area contributed by atoms with Gasteiger partial charge in [0.2, 0.25) is 5.91 Å². The smallest absolute Gasteiger partial charge is 0.223 e. The Morgan fingerprint density at radius 3 is 2.50 bits per heavy atom. The van der Waals surface area contributed by atoms with Crippen molar-refractivity contribution in [2.24, 2.45) is 5.92 Å². The normalized spacial score (nSPS) is 21.4. The topological polar surface area (TPSA) is 41.6 Å². The predicted molar refractivity (Wildman–Crippen MR) is 95.9 cm³/mol. The number of rotatable bonds is 5. The van der Waals surface area contributed by atoms with Crippen LogP contribution < -0.4 is 5.32 Å². The molecule has 0 spiro atoms. The van der Waals surface area contributed by atoms with Gasteiger partial charge in [-0.1, -0.05) is 49.1 Å². The summed E-state index contributed by atoms with van der Waals surface area (Å²) in [4.78, 5) is 15.0. The summed E-state index contributed by atoms with van der Waals surface area (Å²) >= 11 is 0. The summed E-state index contributed by atoms with van der Waals surface area (Å²) in [7, 11) is 0. The number of carbonyl (C=O) groups excluding carboxylic acids is 1. The molecule has 1 atom stereocenters. The van der Waals surface area contributed by atoms with Gasteiger partial charge in [0, 0.05) is 25.6 Å². The van der Waals surface area contributed by atoms with Gasteiger partial charge in [0.1, 0.15) is 0 Å². The molecule has 1 aromatic carbocycles. The standard InChI is InChI=1S/C20H30N2O2/c1-16-7-9-17(10-8-16)19(22-11-13-24-14-12-22)15-21-20(23)18-5-3-2-4-6-18/h7-10,18-19H,2-6,11-15H2,1H3,(H,21,23)/t19-/m0/s1. The highest BCUT2D eigenvalue weighted by atomic mass is 16.5. The third kappa shape index (κ3) is 4.58. The molecule has 1 saturated heterocycles. The molecule has 1 amide bonds. The van der Waals surface area contributed by atoms with Gasteiger partial charge in [-0.15, -0.1) is 0 Å². The summed E-state index contributed by atoms with van der Waals surface area (Å²) in [5.41, 5.74) is 2.55. The van der Waals surface area contributed by atoms with Crippen molar-refractivity contribution in [2.45, 2.75) is 45.1 Å². The Labute approximate surface area is 145 Å². The fraction of sp³-hybridized carbons (Fsp3) is 0.650. The third-order valence-corrected chi connectivity index (χ3v) is 5.39. The average Bonchev–Trinajstić information content (AvgIpc) is 2.65. The number of morpholine rings is 1. The van der Waals surface area contributed by atoms with Gasteiger partial charge < -0.3 is 10.1 Å². The number of nitrogens with zero attached hydrogens (tertiary/aromatic N) is 1. The van der Waals surface area contributed by atoms with Gasteiger partial charge in [0.05, 0.1) is 19.3 Å². The van der Waals surface area contributed by atoms with Crippen molar-refractivity contribution in [2.75, 3.05) is 32.8 Å². The minimum absolute atomic E-state index is 0.224. The molecule has 1 aromatic rings. The molecule has 4 heteroatoms. The summed E-state index contributed by atoms with van der Waals surface area (Å²) in [5, 5.41) is 3.24. The van der Waals surface area contributed by atoms with Gasteiger partial charge in [-0.3, -0.25) is 9.69 Å². The quantitative estimate of drug-likeness (QED) is 0.902. The fourth-order valence-corrected chi connectivity index (χ4v) is 3.84. The van der Waals surface area contributed by atoms with Crippen LogP contribution in [0.15, 0.2) is 24.3 Å². The Morgan fingerprint density at radius 1 is 1.17 bits per heavy atom. The molecule has 1 saturated carbocycles. The highest BCUT2D eigenvalue weighted by molar-refractivity contribution is 5.78. The summed E-state index contributed by atoms with van der Waals surface area (Å²) in [6.45, 7) is 6.21. The molecule has 1 N–H and O–H groups in total. The van der Waals surface area contributed by atoms with Gasteiger partial charge >= 0.3 is 0 Å². The van der Waals surface area contributed by atoms with E-state index < -0.39 is 0 Å². The second-order valence-electron chi connectivity index (χ2n) is 7.15. The van der Waals surface area contributed by atoms with Crippen LogP contribution in [0.4, 0.5) is 0 Å². The molecule has 3 rings (SSSR count). The van der Waals surface area contributed by atoms with E-state index in [1.165, 1.54) is 30.4 Å². The first-order valence-corrected chi connectivity index (χ1v) is 9.40. The molecule has 1 aliphatic carbocycles. The first-order chi connectivity index (χ1) is 11.7. The lowest BCUT2D eigenvalue weighted by molar-refractivity contribution is -0.126. The molecule has 1 aliphatic heterocycles. The zero-order valence-corrected chi connectivity index (χ0v) is 14.8. The fourth-order valence-electron chi connectivity index (χ4n) is 3.84.